The molecule has 0 saturated heterocycles. The van der Waals surface area contributed by atoms with Crippen molar-refractivity contribution in [3.8, 4) is 0 Å². The summed E-state index contributed by atoms with van der Waals surface area (Å²) in [7, 11) is 0. The minimum atomic E-state index is -0.302. The molecule has 96 valence electrons. The molecule has 2 aromatic carbocycles. The number of hydrogen-bond acceptors (Lipinski definition) is 3. The third-order valence-corrected chi connectivity index (χ3v) is 2.79. The topological polar surface area (TPSA) is 67.5 Å². The van der Waals surface area contributed by atoms with Crippen LogP contribution in [0.5, 0.6) is 0 Å². The van der Waals surface area contributed by atoms with Gasteiger partial charge in [0.25, 0.3) is 5.91 Å². The van der Waals surface area contributed by atoms with Crippen molar-refractivity contribution in [2.45, 2.75) is 0 Å². The predicted octanol–water partition coefficient (Wildman–Crippen LogP) is 2.69. The Bertz CT molecular complexity index is 608. The third kappa shape index (κ3) is 3.56. The van der Waals surface area contributed by atoms with Gasteiger partial charge in [-0.2, -0.15) is 5.10 Å². The molecule has 4 nitrogen and oxygen atoms in total. The normalized spacial score (nSPS) is 10.6. The lowest BCUT2D eigenvalue weighted by Gasteiger charge is -2.00. The molecule has 5 heteroatoms. The highest BCUT2D eigenvalue weighted by molar-refractivity contribution is 6.33. The predicted molar refractivity (Wildman–Crippen MR) is 77.4 cm³/mol. The zero-order valence-corrected chi connectivity index (χ0v) is 10.8. The molecule has 0 unspecified atom stereocenters. The van der Waals surface area contributed by atoms with Gasteiger partial charge in [-0.05, 0) is 30.3 Å². The molecule has 0 bridgehead atoms. The Kier molecular flexibility index (Phi) is 4.15. The third-order valence-electron chi connectivity index (χ3n) is 2.45. The lowest BCUT2D eigenvalue weighted by atomic mass is 10.2. The van der Waals surface area contributed by atoms with Gasteiger partial charge in [-0.1, -0.05) is 29.8 Å². The van der Waals surface area contributed by atoms with E-state index in [-0.39, 0.29) is 5.91 Å². The highest BCUT2D eigenvalue weighted by atomic mass is 35.5. The van der Waals surface area contributed by atoms with Gasteiger partial charge in [0.15, 0.2) is 0 Å². The van der Waals surface area contributed by atoms with Crippen LogP contribution in [0.15, 0.2) is 53.6 Å². The number of halogens is 1. The van der Waals surface area contributed by atoms with Gasteiger partial charge >= 0.3 is 0 Å². The van der Waals surface area contributed by atoms with Crippen LogP contribution in [0, 0.1) is 0 Å². The van der Waals surface area contributed by atoms with E-state index in [9.17, 15) is 4.79 Å². The highest BCUT2D eigenvalue weighted by Gasteiger charge is 2.02. The largest absolute Gasteiger partial charge is 0.399 e. The zero-order valence-electron chi connectivity index (χ0n) is 10.0. The summed E-state index contributed by atoms with van der Waals surface area (Å²) in [6, 6.07) is 13.8. The van der Waals surface area contributed by atoms with E-state index in [1.807, 2.05) is 12.1 Å². The maximum atomic E-state index is 11.7. The molecule has 0 atom stereocenters. The SMILES string of the molecule is Nc1ccc(C(=O)N/N=C\c2ccccc2Cl)cc1. The molecule has 0 saturated carbocycles. The number of carbonyl (C=O) groups excluding carboxylic acids is 1. The van der Waals surface area contributed by atoms with Crippen molar-refractivity contribution in [2.24, 2.45) is 5.10 Å². The summed E-state index contributed by atoms with van der Waals surface area (Å²) in [5.41, 5.74) is 9.81. The highest BCUT2D eigenvalue weighted by Crippen LogP contribution is 2.12. The first-order chi connectivity index (χ1) is 9.16. The number of benzene rings is 2. The van der Waals surface area contributed by atoms with Crippen LogP contribution < -0.4 is 11.2 Å². The number of rotatable bonds is 3. The van der Waals surface area contributed by atoms with Crippen LogP contribution >= 0.6 is 11.6 Å². The first-order valence-electron chi connectivity index (χ1n) is 5.60. The summed E-state index contributed by atoms with van der Waals surface area (Å²) in [5, 5.41) is 4.44. The summed E-state index contributed by atoms with van der Waals surface area (Å²) in [6.07, 6.45) is 1.50. The van der Waals surface area contributed by atoms with Crippen molar-refractivity contribution < 1.29 is 4.79 Å². The van der Waals surface area contributed by atoms with Gasteiger partial charge in [0.05, 0.1) is 6.21 Å². The van der Waals surface area contributed by atoms with Crippen LogP contribution in [0.2, 0.25) is 5.02 Å². The number of carbonyl (C=O) groups is 1. The van der Waals surface area contributed by atoms with Gasteiger partial charge in [0, 0.05) is 21.8 Å². The maximum Gasteiger partial charge on any atom is 0.271 e. The average Bonchev–Trinajstić information content (AvgIpc) is 2.41. The van der Waals surface area contributed by atoms with Gasteiger partial charge in [-0.3, -0.25) is 4.79 Å². The summed E-state index contributed by atoms with van der Waals surface area (Å²) in [4.78, 5) is 11.7. The van der Waals surface area contributed by atoms with Gasteiger partial charge in [-0.25, -0.2) is 5.43 Å². The molecule has 0 aliphatic carbocycles. The lowest BCUT2D eigenvalue weighted by Crippen LogP contribution is -2.17. The van der Waals surface area contributed by atoms with Gasteiger partial charge in [0.2, 0.25) is 0 Å². The van der Waals surface area contributed by atoms with Crippen LogP contribution in [0.25, 0.3) is 0 Å². The van der Waals surface area contributed by atoms with E-state index in [1.54, 1.807) is 36.4 Å². The molecule has 2 aromatic rings. The Morgan fingerprint density at radius 2 is 1.84 bits per heavy atom. The van der Waals surface area contributed by atoms with Gasteiger partial charge < -0.3 is 5.73 Å². The molecule has 0 fully saturated rings. The number of anilines is 1. The first-order valence-corrected chi connectivity index (χ1v) is 5.98. The van der Waals surface area contributed by atoms with Crippen molar-refractivity contribution in [3.05, 3.63) is 64.7 Å². The van der Waals surface area contributed by atoms with Crippen LogP contribution in [0.3, 0.4) is 0 Å². The molecule has 0 spiro atoms. The van der Waals surface area contributed by atoms with E-state index in [4.69, 9.17) is 17.3 Å². The quantitative estimate of drug-likeness (QED) is 0.513. The molecule has 0 aromatic heterocycles. The number of nitrogens with one attached hydrogen (secondary N) is 1. The van der Waals surface area contributed by atoms with E-state index >= 15 is 0 Å². The monoisotopic (exact) mass is 273 g/mol. The van der Waals surface area contributed by atoms with E-state index < -0.39 is 0 Å². The standard InChI is InChI=1S/C14H12ClN3O/c15-13-4-2-1-3-11(13)9-17-18-14(19)10-5-7-12(16)8-6-10/h1-9H,16H2,(H,18,19)/b17-9-. The number of nitrogens with zero attached hydrogens (tertiary/aromatic N) is 1. The van der Waals surface area contributed by atoms with Crippen LogP contribution in [-0.2, 0) is 0 Å². The Labute approximate surface area is 115 Å². The second kappa shape index (κ2) is 6.02. The van der Waals surface area contributed by atoms with Gasteiger partial charge in [-0.15, -0.1) is 0 Å². The number of amides is 1. The van der Waals surface area contributed by atoms with Crippen molar-refractivity contribution >= 4 is 29.4 Å². The summed E-state index contributed by atoms with van der Waals surface area (Å²) < 4.78 is 0. The van der Waals surface area contributed by atoms with Crippen LogP contribution in [0.4, 0.5) is 5.69 Å². The maximum absolute atomic E-state index is 11.7. The number of nitrogens with two attached hydrogens (primary N) is 1. The summed E-state index contributed by atoms with van der Waals surface area (Å²) in [5.74, 6) is -0.302. The van der Waals surface area contributed by atoms with E-state index in [0.29, 0.717) is 16.3 Å². The molecule has 0 aliphatic rings. The van der Waals surface area contributed by atoms with E-state index in [0.717, 1.165) is 5.56 Å². The van der Waals surface area contributed by atoms with E-state index in [2.05, 4.69) is 10.5 Å². The fraction of sp³-hybridized carbons (Fsp3) is 0. The van der Waals surface area contributed by atoms with Crippen LogP contribution in [0.1, 0.15) is 15.9 Å². The first kappa shape index (κ1) is 13.1. The Balaban J connectivity index is 2.01. The summed E-state index contributed by atoms with van der Waals surface area (Å²) in [6.45, 7) is 0. The number of hydrogen-bond donors (Lipinski definition) is 2. The van der Waals surface area contributed by atoms with Crippen molar-refractivity contribution in [1.82, 2.24) is 5.43 Å². The van der Waals surface area contributed by atoms with Crippen molar-refractivity contribution in [1.29, 1.82) is 0 Å². The minimum absolute atomic E-state index is 0.302. The Morgan fingerprint density at radius 3 is 2.53 bits per heavy atom. The minimum Gasteiger partial charge on any atom is -0.399 e. The molecule has 2 rings (SSSR count). The smallest absolute Gasteiger partial charge is 0.271 e. The molecule has 0 radical (unpaired) electrons. The second-order valence-electron chi connectivity index (χ2n) is 3.84. The number of nitrogen functional groups attached to an aromatic ring is 1. The fourth-order valence-corrected chi connectivity index (χ4v) is 1.62. The lowest BCUT2D eigenvalue weighted by molar-refractivity contribution is 0.0955. The van der Waals surface area contributed by atoms with Crippen molar-refractivity contribution in [2.75, 3.05) is 5.73 Å². The Hall–Kier alpha value is -2.33. The molecular weight excluding hydrogens is 262 g/mol. The average molecular weight is 274 g/mol. The Morgan fingerprint density at radius 1 is 1.16 bits per heavy atom. The molecular formula is C14H12ClN3O. The van der Waals surface area contributed by atoms with Gasteiger partial charge in [0.1, 0.15) is 0 Å². The molecule has 0 aliphatic heterocycles. The van der Waals surface area contributed by atoms with E-state index in [1.165, 1.54) is 6.21 Å². The molecule has 1 amide bonds. The molecule has 0 heterocycles. The second-order valence-corrected chi connectivity index (χ2v) is 4.25. The van der Waals surface area contributed by atoms with Crippen molar-refractivity contribution in [3.63, 3.8) is 0 Å². The number of hydrazone groups is 1. The summed E-state index contributed by atoms with van der Waals surface area (Å²) >= 11 is 5.96. The molecule has 19 heavy (non-hydrogen) atoms. The van der Waals surface area contributed by atoms with Crippen LogP contribution in [-0.4, -0.2) is 12.1 Å². The zero-order chi connectivity index (χ0) is 13.7. The fourth-order valence-electron chi connectivity index (χ4n) is 1.44. The molecule has 3 N–H and O–H groups in total.